The van der Waals surface area contributed by atoms with E-state index in [0.29, 0.717) is 35.3 Å². The van der Waals surface area contributed by atoms with Crippen LogP contribution < -0.4 is 11.1 Å². The van der Waals surface area contributed by atoms with Crippen LogP contribution in [0.25, 0.3) is 11.2 Å². The molecular formula is C16H21N7. The molecule has 7 nitrogen and oxygen atoms in total. The Morgan fingerprint density at radius 2 is 2.09 bits per heavy atom. The van der Waals surface area contributed by atoms with Gasteiger partial charge in [-0.15, -0.1) is 0 Å². The van der Waals surface area contributed by atoms with E-state index >= 15 is 0 Å². The van der Waals surface area contributed by atoms with Gasteiger partial charge in [0.25, 0.3) is 0 Å². The molecule has 0 amide bonds. The Hall–Kier alpha value is -2.54. The van der Waals surface area contributed by atoms with Crippen LogP contribution in [0.1, 0.15) is 37.0 Å². The molecule has 0 aromatic carbocycles. The first-order valence-electron chi connectivity index (χ1n) is 7.66. The first-order chi connectivity index (χ1) is 11.1. The molecule has 0 aliphatic carbocycles. The normalized spacial score (nSPS) is 12.9. The molecule has 3 heterocycles. The lowest BCUT2D eigenvalue weighted by molar-refractivity contribution is 0.391. The van der Waals surface area contributed by atoms with Gasteiger partial charge in [-0.3, -0.25) is 4.98 Å². The van der Waals surface area contributed by atoms with Crippen molar-refractivity contribution in [1.29, 1.82) is 0 Å². The minimum Gasteiger partial charge on any atom is -0.382 e. The fourth-order valence-corrected chi connectivity index (χ4v) is 2.55. The van der Waals surface area contributed by atoms with Crippen molar-refractivity contribution in [1.82, 2.24) is 30.2 Å². The largest absolute Gasteiger partial charge is 0.382 e. The summed E-state index contributed by atoms with van der Waals surface area (Å²) in [5.74, 6) is 1.38. The Morgan fingerprint density at radius 1 is 1.26 bits per heavy atom. The summed E-state index contributed by atoms with van der Waals surface area (Å²) < 4.78 is 0. The third-order valence-electron chi connectivity index (χ3n) is 3.88. The highest BCUT2D eigenvalue weighted by Crippen LogP contribution is 2.23. The van der Waals surface area contributed by atoms with E-state index in [0.717, 1.165) is 11.3 Å². The van der Waals surface area contributed by atoms with E-state index in [2.05, 4.69) is 57.1 Å². The standard InChI is InChI=1S/C16H21N7/c1-9(2)12(19-7-11-10(3)5-4-6-18-11)16-22-14(17)13-15(23-16)21-8-20-13/h4-6,8-9,12,19H,7H2,1-3H3,(H3,17,20,21,22,23). The second kappa shape index (κ2) is 6.29. The van der Waals surface area contributed by atoms with Crippen LogP contribution in [0.4, 0.5) is 5.82 Å². The zero-order chi connectivity index (χ0) is 16.4. The summed E-state index contributed by atoms with van der Waals surface area (Å²) >= 11 is 0. The van der Waals surface area contributed by atoms with Gasteiger partial charge in [0.15, 0.2) is 17.3 Å². The average Bonchev–Trinajstić information content (AvgIpc) is 2.98. The molecule has 4 N–H and O–H groups in total. The summed E-state index contributed by atoms with van der Waals surface area (Å²) in [5.41, 5.74) is 9.46. The topological polar surface area (TPSA) is 105 Å². The molecule has 0 bridgehead atoms. The minimum absolute atomic E-state index is 0.0280. The zero-order valence-corrected chi connectivity index (χ0v) is 13.5. The third-order valence-corrected chi connectivity index (χ3v) is 3.88. The van der Waals surface area contributed by atoms with Gasteiger partial charge < -0.3 is 16.0 Å². The summed E-state index contributed by atoms with van der Waals surface area (Å²) in [6.07, 6.45) is 3.38. The maximum Gasteiger partial charge on any atom is 0.183 e. The molecule has 120 valence electrons. The summed E-state index contributed by atoms with van der Waals surface area (Å²) in [6.45, 7) is 6.95. The highest BCUT2D eigenvalue weighted by molar-refractivity contribution is 5.80. The van der Waals surface area contributed by atoms with Gasteiger partial charge in [0, 0.05) is 12.7 Å². The van der Waals surface area contributed by atoms with Crippen molar-refractivity contribution < 1.29 is 0 Å². The molecule has 0 spiro atoms. The van der Waals surface area contributed by atoms with E-state index in [4.69, 9.17) is 5.73 Å². The number of aromatic nitrogens is 5. The van der Waals surface area contributed by atoms with E-state index in [1.165, 1.54) is 0 Å². The van der Waals surface area contributed by atoms with Crippen molar-refractivity contribution >= 4 is 17.0 Å². The fraction of sp³-hybridized carbons (Fsp3) is 0.375. The number of aromatic amines is 1. The van der Waals surface area contributed by atoms with Gasteiger partial charge in [-0.1, -0.05) is 19.9 Å². The molecule has 3 rings (SSSR count). The summed E-state index contributed by atoms with van der Waals surface area (Å²) in [6, 6.07) is 3.96. The van der Waals surface area contributed by atoms with E-state index in [9.17, 15) is 0 Å². The van der Waals surface area contributed by atoms with Gasteiger partial charge in [0.05, 0.1) is 18.1 Å². The number of aryl methyl sites for hydroxylation is 1. The molecule has 0 radical (unpaired) electrons. The number of rotatable bonds is 5. The molecule has 1 atom stereocenters. The van der Waals surface area contributed by atoms with E-state index in [1.807, 2.05) is 6.07 Å². The Bertz CT molecular complexity index is 809. The number of fused-ring (bicyclic) bond motifs is 1. The number of H-pyrrole nitrogens is 1. The van der Waals surface area contributed by atoms with Crippen LogP contribution in [-0.4, -0.2) is 24.9 Å². The highest BCUT2D eigenvalue weighted by Gasteiger charge is 2.21. The van der Waals surface area contributed by atoms with Gasteiger partial charge in [-0.25, -0.2) is 15.0 Å². The number of hydrogen-bond acceptors (Lipinski definition) is 6. The monoisotopic (exact) mass is 311 g/mol. The van der Waals surface area contributed by atoms with Crippen molar-refractivity contribution in [3.05, 3.63) is 41.7 Å². The molecule has 0 saturated carbocycles. The fourth-order valence-electron chi connectivity index (χ4n) is 2.55. The maximum atomic E-state index is 6.01. The number of nitrogens with zero attached hydrogens (tertiary/aromatic N) is 4. The molecule has 3 aromatic heterocycles. The van der Waals surface area contributed by atoms with Gasteiger partial charge in [-0.2, -0.15) is 0 Å². The molecule has 0 fully saturated rings. The minimum atomic E-state index is -0.0280. The number of nitrogens with two attached hydrogens (primary N) is 1. The van der Waals surface area contributed by atoms with Crippen LogP contribution >= 0.6 is 0 Å². The van der Waals surface area contributed by atoms with Crippen LogP contribution in [0.3, 0.4) is 0 Å². The van der Waals surface area contributed by atoms with E-state index in [-0.39, 0.29) is 6.04 Å². The number of nitrogens with one attached hydrogen (secondary N) is 2. The van der Waals surface area contributed by atoms with Crippen molar-refractivity contribution in [2.24, 2.45) is 5.92 Å². The number of hydrogen-bond donors (Lipinski definition) is 3. The van der Waals surface area contributed by atoms with Crippen molar-refractivity contribution in [2.45, 2.75) is 33.4 Å². The summed E-state index contributed by atoms with van der Waals surface area (Å²) in [7, 11) is 0. The second-order valence-corrected chi connectivity index (χ2v) is 5.94. The third kappa shape index (κ3) is 3.14. The van der Waals surface area contributed by atoms with Crippen LogP contribution in [0.5, 0.6) is 0 Å². The molecule has 23 heavy (non-hydrogen) atoms. The van der Waals surface area contributed by atoms with Gasteiger partial charge in [-0.05, 0) is 24.5 Å². The number of anilines is 1. The van der Waals surface area contributed by atoms with Crippen LogP contribution in [-0.2, 0) is 6.54 Å². The number of pyridine rings is 1. The van der Waals surface area contributed by atoms with Gasteiger partial charge >= 0.3 is 0 Å². The van der Waals surface area contributed by atoms with Gasteiger partial charge in [0.1, 0.15) is 5.52 Å². The predicted molar refractivity (Wildman–Crippen MR) is 89.5 cm³/mol. The van der Waals surface area contributed by atoms with Crippen molar-refractivity contribution in [2.75, 3.05) is 5.73 Å². The Morgan fingerprint density at radius 3 is 2.83 bits per heavy atom. The van der Waals surface area contributed by atoms with Crippen molar-refractivity contribution in [3.8, 4) is 0 Å². The van der Waals surface area contributed by atoms with E-state index in [1.54, 1.807) is 12.5 Å². The smallest absolute Gasteiger partial charge is 0.183 e. The maximum absolute atomic E-state index is 6.01. The molecule has 0 saturated heterocycles. The number of nitrogen functional groups attached to an aromatic ring is 1. The first kappa shape index (κ1) is 15.4. The van der Waals surface area contributed by atoms with E-state index < -0.39 is 0 Å². The Labute approximate surface area is 134 Å². The lowest BCUT2D eigenvalue weighted by atomic mass is 10.0. The average molecular weight is 311 g/mol. The molecule has 0 aliphatic rings. The second-order valence-electron chi connectivity index (χ2n) is 5.94. The molecule has 7 heteroatoms. The number of imidazole rings is 1. The SMILES string of the molecule is Cc1cccnc1CNC(c1nc(N)c2[nH]cnc2n1)C(C)C. The lowest BCUT2D eigenvalue weighted by Gasteiger charge is -2.21. The molecule has 3 aromatic rings. The zero-order valence-electron chi connectivity index (χ0n) is 13.5. The summed E-state index contributed by atoms with van der Waals surface area (Å²) in [5, 5.41) is 3.50. The first-order valence-corrected chi connectivity index (χ1v) is 7.66. The van der Waals surface area contributed by atoms with Crippen LogP contribution in [0.15, 0.2) is 24.7 Å². The Kier molecular flexibility index (Phi) is 4.20. The lowest BCUT2D eigenvalue weighted by Crippen LogP contribution is -2.28. The molecule has 1 unspecified atom stereocenters. The van der Waals surface area contributed by atoms with Crippen LogP contribution in [0.2, 0.25) is 0 Å². The highest BCUT2D eigenvalue weighted by atomic mass is 15.1. The Balaban J connectivity index is 1.87. The molecular weight excluding hydrogens is 290 g/mol. The predicted octanol–water partition coefficient (Wildman–Crippen LogP) is 2.13. The molecule has 0 aliphatic heterocycles. The summed E-state index contributed by atoms with van der Waals surface area (Å²) in [4.78, 5) is 20.5. The van der Waals surface area contributed by atoms with Crippen LogP contribution in [0, 0.1) is 12.8 Å². The van der Waals surface area contributed by atoms with Crippen molar-refractivity contribution in [3.63, 3.8) is 0 Å². The quantitative estimate of drug-likeness (QED) is 0.666. The van der Waals surface area contributed by atoms with Gasteiger partial charge in [0.2, 0.25) is 0 Å².